The zero-order valence-electron chi connectivity index (χ0n) is 14.3. The number of aromatic amines is 1. The van der Waals surface area contributed by atoms with Gasteiger partial charge in [-0.05, 0) is 49.5 Å². The molecule has 0 spiro atoms. The van der Waals surface area contributed by atoms with Crippen LogP contribution in [-0.4, -0.2) is 39.2 Å². The van der Waals surface area contributed by atoms with E-state index >= 15 is 0 Å². The number of aryl methyl sites for hydroxylation is 2. The summed E-state index contributed by atoms with van der Waals surface area (Å²) in [5.41, 5.74) is 2.18. The molecular weight excluding hydrogens is 352 g/mol. The molecule has 1 aliphatic rings. The molecule has 26 heavy (non-hydrogen) atoms. The van der Waals surface area contributed by atoms with Crippen molar-refractivity contribution in [2.45, 2.75) is 19.4 Å². The molecular formula is C18H21ClN6O. The van der Waals surface area contributed by atoms with Crippen LogP contribution in [0.4, 0.5) is 5.95 Å². The molecule has 1 aliphatic heterocycles. The number of imidazole rings is 1. The summed E-state index contributed by atoms with van der Waals surface area (Å²) in [6, 6.07) is 7.67. The van der Waals surface area contributed by atoms with E-state index in [1.165, 1.54) is 0 Å². The highest BCUT2D eigenvalue weighted by atomic mass is 35.5. The fourth-order valence-corrected chi connectivity index (χ4v) is 3.51. The molecule has 136 valence electrons. The molecule has 0 amide bonds. The zero-order chi connectivity index (χ0) is 17.9. The average Bonchev–Trinajstić information content (AvgIpc) is 3.25. The summed E-state index contributed by atoms with van der Waals surface area (Å²) in [4.78, 5) is 24.0. The lowest BCUT2D eigenvalue weighted by molar-refractivity contribution is 0.612. The second-order valence-corrected chi connectivity index (χ2v) is 7.07. The molecule has 0 aliphatic carbocycles. The Labute approximate surface area is 155 Å². The highest BCUT2D eigenvalue weighted by Gasteiger charge is 2.15. The predicted molar refractivity (Wildman–Crippen MR) is 103 cm³/mol. The lowest BCUT2D eigenvalue weighted by atomic mass is 10.1. The predicted octanol–water partition coefficient (Wildman–Crippen LogP) is 2.04. The number of H-pyrrole nitrogens is 1. The number of hydrogen-bond donors (Lipinski definition) is 3. The number of nitrogens with zero attached hydrogens (tertiary/aromatic N) is 3. The van der Waals surface area contributed by atoms with Crippen LogP contribution in [0.2, 0.25) is 5.02 Å². The van der Waals surface area contributed by atoms with Crippen LogP contribution in [0.5, 0.6) is 0 Å². The number of fused-ring (bicyclic) bond motifs is 1. The molecule has 1 atom stereocenters. The maximum absolute atomic E-state index is 12.3. The molecule has 0 radical (unpaired) electrons. The minimum Gasteiger partial charge on any atom is -0.354 e. The van der Waals surface area contributed by atoms with Crippen LogP contribution in [0.1, 0.15) is 12.0 Å². The van der Waals surface area contributed by atoms with E-state index in [1.54, 1.807) is 10.8 Å². The van der Waals surface area contributed by atoms with Gasteiger partial charge in [0.25, 0.3) is 0 Å². The van der Waals surface area contributed by atoms with Crippen molar-refractivity contribution in [3.63, 3.8) is 0 Å². The first-order valence-corrected chi connectivity index (χ1v) is 9.21. The summed E-state index contributed by atoms with van der Waals surface area (Å²) in [6.45, 7) is 3.44. The number of anilines is 1. The van der Waals surface area contributed by atoms with E-state index in [9.17, 15) is 4.79 Å². The van der Waals surface area contributed by atoms with Gasteiger partial charge in [-0.2, -0.15) is 4.98 Å². The number of rotatable bonds is 6. The van der Waals surface area contributed by atoms with Gasteiger partial charge in [-0.25, -0.2) is 9.78 Å². The third kappa shape index (κ3) is 3.73. The second-order valence-electron chi connectivity index (χ2n) is 6.63. The van der Waals surface area contributed by atoms with Crippen molar-refractivity contribution in [2.75, 3.05) is 25.0 Å². The number of halogens is 1. The van der Waals surface area contributed by atoms with E-state index in [-0.39, 0.29) is 5.69 Å². The van der Waals surface area contributed by atoms with Gasteiger partial charge in [0.2, 0.25) is 5.95 Å². The smallest absolute Gasteiger partial charge is 0.327 e. The maximum Gasteiger partial charge on any atom is 0.327 e. The van der Waals surface area contributed by atoms with Gasteiger partial charge in [0, 0.05) is 18.1 Å². The van der Waals surface area contributed by atoms with Crippen LogP contribution in [0.25, 0.3) is 11.2 Å². The molecule has 0 unspecified atom stereocenters. The van der Waals surface area contributed by atoms with E-state index in [0.29, 0.717) is 41.0 Å². The quantitative estimate of drug-likeness (QED) is 0.616. The Kier molecular flexibility index (Phi) is 4.90. The number of aromatic nitrogens is 4. The highest BCUT2D eigenvalue weighted by Crippen LogP contribution is 2.14. The summed E-state index contributed by atoms with van der Waals surface area (Å²) < 4.78 is 1.65. The first-order chi connectivity index (χ1) is 12.7. The third-order valence-corrected chi connectivity index (χ3v) is 4.97. The SMILES string of the molecule is O=c1[nH]c2cnc(NC[C@@H]3CCNC3)nc2n1CCc1cccc(Cl)c1. The Hall–Kier alpha value is -2.38. The Balaban J connectivity index is 1.52. The van der Waals surface area contributed by atoms with Crippen molar-refractivity contribution < 1.29 is 0 Å². The zero-order valence-corrected chi connectivity index (χ0v) is 15.1. The fraction of sp³-hybridized carbons (Fsp3) is 0.389. The van der Waals surface area contributed by atoms with Crippen LogP contribution < -0.4 is 16.3 Å². The van der Waals surface area contributed by atoms with E-state index in [0.717, 1.165) is 31.6 Å². The molecule has 3 heterocycles. The van der Waals surface area contributed by atoms with Crippen molar-refractivity contribution in [1.82, 2.24) is 24.8 Å². The first kappa shape index (κ1) is 17.1. The van der Waals surface area contributed by atoms with Gasteiger partial charge in [0.1, 0.15) is 5.52 Å². The van der Waals surface area contributed by atoms with Crippen LogP contribution in [0.3, 0.4) is 0 Å². The Morgan fingerprint density at radius 1 is 1.38 bits per heavy atom. The summed E-state index contributed by atoms with van der Waals surface area (Å²) in [5, 5.41) is 7.33. The van der Waals surface area contributed by atoms with E-state index in [4.69, 9.17) is 11.6 Å². The molecule has 1 saturated heterocycles. The minimum atomic E-state index is -0.173. The maximum atomic E-state index is 12.3. The van der Waals surface area contributed by atoms with Crippen molar-refractivity contribution in [1.29, 1.82) is 0 Å². The molecule has 7 nitrogen and oxygen atoms in total. The molecule has 0 saturated carbocycles. The highest BCUT2D eigenvalue weighted by molar-refractivity contribution is 6.30. The van der Waals surface area contributed by atoms with Crippen molar-refractivity contribution >= 4 is 28.7 Å². The first-order valence-electron chi connectivity index (χ1n) is 8.83. The minimum absolute atomic E-state index is 0.173. The third-order valence-electron chi connectivity index (χ3n) is 4.74. The summed E-state index contributed by atoms with van der Waals surface area (Å²) in [5.74, 6) is 1.14. The van der Waals surface area contributed by atoms with Gasteiger partial charge in [0.15, 0.2) is 5.65 Å². The van der Waals surface area contributed by atoms with Gasteiger partial charge < -0.3 is 15.6 Å². The summed E-state index contributed by atoms with van der Waals surface area (Å²) in [6.07, 6.45) is 3.52. The van der Waals surface area contributed by atoms with Gasteiger partial charge in [-0.3, -0.25) is 4.57 Å². The summed E-state index contributed by atoms with van der Waals surface area (Å²) in [7, 11) is 0. The molecule has 1 fully saturated rings. The lowest BCUT2D eigenvalue weighted by Gasteiger charge is -2.10. The lowest BCUT2D eigenvalue weighted by Crippen LogP contribution is -2.19. The number of nitrogens with one attached hydrogen (secondary N) is 3. The largest absolute Gasteiger partial charge is 0.354 e. The summed E-state index contributed by atoms with van der Waals surface area (Å²) >= 11 is 6.03. The van der Waals surface area contributed by atoms with Crippen molar-refractivity contribution in [3.05, 3.63) is 51.5 Å². The second kappa shape index (κ2) is 7.47. The Bertz CT molecular complexity index is 960. The van der Waals surface area contributed by atoms with Crippen LogP contribution >= 0.6 is 11.6 Å². The fourth-order valence-electron chi connectivity index (χ4n) is 3.30. The van der Waals surface area contributed by atoms with Gasteiger partial charge in [-0.1, -0.05) is 23.7 Å². The van der Waals surface area contributed by atoms with Crippen molar-refractivity contribution in [3.8, 4) is 0 Å². The topological polar surface area (TPSA) is 87.6 Å². The molecule has 8 heteroatoms. The number of benzene rings is 1. The van der Waals surface area contributed by atoms with Crippen molar-refractivity contribution in [2.24, 2.45) is 5.92 Å². The van der Waals surface area contributed by atoms with E-state index in [2.05, 4.69) is 25.6 Å². The van der Waals surface area contributed by atoms with Gasteiger partial charge >= 0.3 is 5.69 Å². The van der Waals surface area contributed by atoms with E-state index in [1.807, 2.05) is 24.3 Å². The molecule has 4 rings (SSSR count). The van der Waals surface area contributed by atoms with E-state index < -0.39 is 0 Å². The monoisotopic (exact) mass is 372 g/mol. The molecule has 1 aromatic carbocycles. The Morgan fingerprint density at radius 2 is 2.31 bits per heavy atom. The van der Waals surface area contributed by atoms with Crippen LogP contribution in [0.15, 0.2) is 35.3 Å². The number of hydrogen-bond acceptors (Lipinski definition) is 5. The normalized spacial score (nSPS) is 17.0. The molecule has 2 aromatic heterocycles. The van der Waals surface area contributed by atoms with Crippen LogP contribution in [0, 0.1) is 5.92 Å². The molecule has 0 bridgehead atoms. The standard InChI is InChI=1S/C18H21ClN6O/c19-14-3-1-2-12(8-14)5-7-25-16-15(23-18(25)26)11-22-17(24-16)21-10-13-4-6-20-9-13/h1-3,8,11,13,20H,4-7,9-10H2,(H,23,26)(H,21,22,24)/t13-/m1/s1. The molecule has 3 N–H and O–H groups in total. The van der Waals surface area contributed by atoms with Gasteiger partial charge in [-0.15, -0.1) is 0 Å². The average molecular weight is 373 g/mol. The van der Waals surface area contributed by atoms with Gasteiger partial charge in [0.05, 0.1) is 6.20 Å². The van der Waals surface area contributed by atoms with Crippen LogP contribution in [-0.2, 0) is 13.0 Å². The Morgan fingerprint density at radius 3 is 3.12 bits per heavy atom. The molecule has 3 aromatic rings.